The first-order valence-electron chi connectivity index (χ1n) is 6.81. The summed E-state index contributed by atoms with van der Waals surface area (Å²) < 4.78 is 15.6. The molecule has 22 heavy (non-hydrogen) atoms. The second kappa shape index (κ2) is 7.31. The molecule has 0 bridgehead atoms. The van der Waals surface area contributed by atoms with Gasteiger partial charge in [-0.15, -0.1) is 0 Å². The molecular weight excluding hydrogens is 280 g/mol. The highest BCUT2D eigenvalue weighted by Gasteiger charge is 2.04. The molecule has 4 nitrogen and oxygen atoms in total. The zero-order chi connectivity index (χ0) is 15.9. The van der Waals surface area contributed by atoms with Gasteiger partial charge in [-0.05, 0) is 37.3 Å². The molecule has 114 valence electrons. The topological polar surface area (TPSA) is 44.8 Å². The highest BCUT2D eigenvalue weighted by molar-refractivity contribution is 5.89. The first-order chi connectivity index (χ1) is 10.6. The molecule has 0 amide bonds. The number of methoxy groups -OCH3 is 2. The number of carbonyl (C=O) groups excluding carboxylic acids is 1. The molecule has 2 rings (SSSR count). The second-order valence-electron chi connectivity index (χ2n) is 4.68. The fourth-order valence-electron chi connectivity index (χ4n) is 1.87. The lowest BCUT2D eigenvalue weighted by atomic mass is 10.1. The van der Waals surface area contributed by atoms with Gasteiger partial charge >= 0.3 is 5.97 Å². The number of carbonyl (C=O) groups is 1. The highest BCUT2D eigenvalue weighted by Crippen LogP contribution is 2.25. The summed E-state index contributed by atoms with van der Waals surface area (Å²) >= 11 is 0. The Bertz CT molecular complexity index is 672. The first kappa shape index (κ1) is 15.6. The summed E-state index contributed by atoms with van der Waals surface area (Å²) in [6.45, 7) is 1.97. The molecule has 0 aliphatic carbocycles. The molecule has 0 fully saturated rings. The fourth-order valence-corrected chi connectivity index (χ4v) is 1.87. The number of esters is 1. The molecule has 0 aliphatic heterocycles. The summed E-state index contributed by atoms with van der Waals surface area (Å²) in [4.78, 5) is 11.8. The van der Waals surface area contributed by atoms with E-state index in [1.807, 2.05) is 25.1 Å². The first-order valence-corrected chi connectivity index (χ1v) is 6.81. The number of rotatable bonds is 5. The van der Waals surface area contributed by atoms with E-state index in [1.165, 1.54) is 6.08 Å². The Balaban J connectivity index is 2.07. The van der Waals surface area contributed by atoms with Gasteiger partial charge in [-0.25, -0.2) is 4.79 Å². The van der Waals surface area contributed by atoms with Gasteiger partial charge in [-0.1, -0.05) is 17.7 Å². The molecule has 0 radical (unpaired) electrons. The third-order valence-corrected chi connectivity index (χ3v) is 3.08. The monoisotopic (exact) mass is 298 g/mol. The van der Waals surface area contributed by atoms with Gasteiger partial charge in [0.05, 0.1) is 14.2 Å². The van der Waals surface area contributed by atoms with Crippen LogP contribution in [-0.4, -0.2) is 20.2 Å². The number of aryl methyl sites for hydroxylation is 1. The van der Waals surface area contributed by atoms with Crippen LogP contribution in [0.4, 0.5) is 0 Å². The second-order valence-corrected chi connectivity index (χ2v) is 4.68. The quantitative estimate of drug-likeness (QED) is 0.480. The smallest absolute Gasteiger partial charge is 0.336 e. The van der Waals surface area contributed by atoms with Gasteiger partial charge in [-0.3, -0.25) is 0 Å². The molecule has 4 heteroatoms. The van der Waals surface area contributed by atoms with E-state index in [0.717, 1.165) is 11.1 Å². The van der Waals surface area contributed by atoms with Gasteiger partial charge in [0.25, 0.3) is 0 Å². The van der Waals surface area contributed by atoms with E-state index >= 15 is 0 Å². The number of benzene rings is 2. The van der Waals surface area contributed by atoms with Crippen LogP contribution < -0.4 is 14.2 Å². The van der Waals surface area contributed by atoms with Gasteiger partial charge in [0.2, 0.25) is 0 Å². The van der Waals surface area contributed by atoms with Crippen LogP contribution in [0.3, 0.4) is 0 Å². The average Bonchev–Trinajstić information content (AvgIpc) is 2.55. The van der Waals surface area contributed by atoms with Crippen LogP contribution in [0.5, 0.6) is 17.2 Å². The van der Waals surface area contributed by atoms with E-state index in [-0.39, 0.29) is 0 Å². The average molecular weight is 298 g/mol. The normalized spacial score (nSPS) is 10.5. The van der Waals surface area contributed by atoms with E-state index in [2.05, 4.69) is 0 Å². The van der Waals surface area contributed by atoms with Crippen molar-refractivity contribution in [1.82, 2.24) is 0 Å². The van der Waals surface area contributed by atoms with Gasteiger partial charge < -0.3 is 14.2 Å². The maximum absolute atomic E-state index is 11.8. The van der Waals surface area contributed by atoms with Gasteiger partial charge in [0.15, 0.2) is 0 Å². The van der Waals surface area contributed by atoms with Crippen molar-refractivity contribution in [3.8, 4) is 17.2 Å². The number of hydrogen-bond acceptors (Lipinski definition) is 4. The van der Waals surface area contributed by atoms with E-state index in [4.69, 9.17) is 14.2 Å². The van der Waals surface area contributed by atoms with Gasteiger partial charge in [-0.2, -0.15) is 0 Å². The van der Waals surface area contributed by atoms with Gasteiger partial charge in [0, 0.05) is 17.7 Å². The van der Waals surface area contributed by atoms with E-state index < -0.39 is 5.97 Å². The van der Waals surface area contributed by atoms with Crippen molar-refractivity contribution in [3.05, 3.63) is 59.7 Å². The molecule has 2 aromatic rings. The van der Waals surface area contributed by atoms with Crippen LogP contribution in [-0.2, 0) is 4.79 Å². The van der Waals surface area contributed by atoms with E-state index in [1.54, 1.807) is 44.6 Å². The predicted octanol–water partition coefficient (Wildman–Crippen LogP) is 3.63. The predicted molar refractivity (Wildman–Crippen MR) is 85.4 cm³/mol. The minimum absolute atomic E-state index is 0.443. The third kappa shape index (κ3) is 4.12. The molecule has 0 aromatic heterocycles. The van der Waals surface area contributed by atoms with Crippen molar-refractivity contribution in [2.75, 3.05) is 14.2 Å². The lowest BCUT2D eigenvalue weighted by Crippen LogP contribution is -2.03. The van der Waals surface area contributed by atoms with Crippen LogP contribution in [0, 0.1) is 6.92 Å². The molecule has 2 aromatic carbocycles. The Kier molecular flexibility index (Phi) is 5.20. The van der Waals surface area contributed by atoms with Crippen LogP contribution in [0.1, 0.15) is 11.1 Å². The minimum Gasteiger partial charge on any atom is -0.497 e. The van der Waals surface area contributed by atoms with Crippen LogP contribution in [0.15, 0.2) is 48.5 Å². The summed E-state index contributed by atoms with van der Waals surface area (Å²) in [5, 5.41) is 0. The Morgan fingerprint density at radius 1 is 0.955 bits per heavy atom. The Morgan fingerprint density at radius 2 is 1.64 bits per heavy atom. The molecule has 0 spiro atoms. The molecule has 0 atom stereocenters. The summed E-state index contributed by atoms with van der Waals surface area (Å²) in [7, 11) is 3.15. The standard InChI is InChI=1S/C18H18O4/c1-13-4-8-15(9-5-13)22-18(19)11-7-14-6-10-16(20-2)12-17(14)21-3/h4-12H,1-3H3/b11-7+. The molecule has 0 saturated carbocycles. The van der Waals surface area contributed by atoms with Crippen molar-refractivity contribution in [3.63, 3.8) is 0 Å². The van der Waals surface area contributed by atoms with Crippen molar-refractivity contribution >= 4 is 12.0 Å². The molecule has 0 unspecified atom stereocenters. The SMILES string of the molecule is COc1ccc(/C=C/C(=O)Oc2ccc(C)cc2)c(OC)c1. The molecule has 0 heterocycles. The Morgan fingerprint density at radius 3 is 2.27 bits per heavy atom. The summed E-state index contributed by atoms with van der Waals surface area (Å²) in [5.74, 6) is 1.39. The van der Waals surface area contributed by atoms with E-state index in [9.17, 15) is 4.79 Å². The third-order valence-electron chi connectivity index (χ3n) is 3.08. The molecule has 0 N–H and O–H groups in total. The summed E-state index contributed by atoms with van der Waals surface area (Å²) in [5.41, 5.74) is 1.88. The lowest BCUT2D eigenvalue weighted by Gasteiger charge is -2.07. The highest BCUT2D eigenvalue weighted by atomic mass is 16.5. The molecular formula is C18H18O4. The minimum atomic E-state index is -0.443. The largest absolute Gasteiger partial charge is 0.497 e. The number of hydrogen-bond donors (Lipinski definition) is 0. The molecule has 0 saturated heterocycles. The van der Waals surface area contributed by atoms with Crippen LogP contribution in [0.25, 0.3) is 6.08 Å². The van der Waals surface area contributed by atoms with Gasteiger partial charge in [0.1, 0.15) is 17.2 Å². The summed E-state index contributed by atoms with van der Waals surface area (Å²) in [6.07, 6.45) is 3.01. The van der Waals surface area contributed by atoms with Crippen LogP contribution >= 0.6 is 0 Å². The van der Waals surface area contributed by atoms with Crippen molar-refractivity contribution in [2.45, 2.75) is 6.92 Å². The summed E-state index contributed by atoms with van der Waals surface area (Å²) in [6, 6.07) is 12.7. The maximum atomic E-state index is 11.8. The fraction of sp³-hybridized carbons (Fsp3) is 0.167. The van der Waals surface area contributed by atoms with Crippen molar-refractivity contribution in [2.24, 2.45) is 0 Å². The zero-order valence-corrected chi connectivity index (χ0v) is 12.8. The van der Waals surface area contributed by atoms with Crippen LogP contribution in [0.2, 0.25) is 0 Å². The number of ether oxygens (including phenoxy) is 3. The zero-order valence-electron chi connectivity index (χ0n) is 12.8. The van der Waals surface area contributed by atoms with E-state index in [0.29, 0.717) is 17.2 Å². The molecule has 0 aliphatic rings. The lowest BCUT2D eigenvalue weighted by molar-refractivity contribution is -0.128. The Hall–Kier alpha value is -2.75. The van der Waals surface area contributed by atoms with Crippen molar-refractivity contribution < 1.29 is 19.0 Å². The maximum Gasteiger partial charge on any atom is 0.336 e. The Labute approximate surface area is 129 Å². The van der Waals surface area contributed by atoms with Crippen molar-refractivity contribution in [1.29, 1.82) is 0 Å².